The van der Waals surface area contributed by atoms with Gasteiger partial charge in [-0.15, -0.1) is 5.10 Å². The highest BCUT2D eigenvalue weighted by atomic mass is 79.9. The fourth-order valence-corrected chi connectivity index (χ4v) is 1.69. The summed E-state index contributed by atoms with van der Waals surface area (Å²) in [4.78, 5) is 15.8. The molecule has 1 amide bonds. The molecule has 0 unspecified atom stereocenters. The normalized spacial score (nSPS) is 10.2. The van der Waals surface area contributed by atoms with Crippen molar-refractivity contribution in [1.82, 2.24) is 15.2 Å². The van der Waals surface area contributed by atoms with E-state index in [1.807, 2.05) is 12.1 Å². The summed E-state index contributed by atoms with van der Waals surface area (Å²) in [7, 11) is 0. The topological polar surface area (TPSA) is 70.7 Å². The van der Waals surface area contributed by atoms with E-state index in [2.05, 4.69) is 36.4 Å². The lowest BCUT2D eigenvalue weighted by atomic mass is 10.1. The zero-order chi connectivity index (χ0) is 12.3. The summed E-state index contributed by atoms with van der Waals surface area (Å²) >= 11 is 3.35. The van der Waals surface area contributed by atoms with Gasteiger partial charge in [0.2, 0.25) is 5.95 Å². The van der Waals surface area contributed by atoms with Gasteiger partial charge >= 0.3 is 0 Å². The largest absolute Gasteiger partial charge is 0.289 e. The van der Waals surface area contributed by atoms with E-state index >= 15 is 0 Å². The van der Waals surface area contributed by atoms with Crippen LogP contribution in [0.25, 0.3) is 0 Å². The first kappa shape index (κ1) is 11.8. The summed E-state index contributed by atoms with van der Waals surface area (Å²) in [5.74, 6) is 0.733. The Bertz CT molecular complexity index is 521. The van der Waals surface area contributed by atoms with Gasteiger partial charge in [0, 0.05) is 10.9 Å². The number of hydrogen-bond acceptors (Lipinski definition) is 3. The summed E-state index contributed by atoms with van der Waals surface area (Å²) in [6.07, 6.45) is 0. The van der Waals surface area contributed by atoms with Gasteiger partial charge in [0.25, 0.3) is 5.91 Å². The van der Waals surface area contributed by atoms with Crippen LogP contribution in [0.1, 0.15) is 21.7 Å². The monoisotopic (exact) mass is 294 g/mol. The van der Waals surface area contributed by atoms with E-state index in [9.17, 15) is 4.79 Å². The second-order valence-electron chi connectivity index (χ2n) is 3.53. The van der Waals surface area contributed by atoms with E-state index in [0.717, 1.165) is 10.9 Å². The minimum atomic E-state index is -0.217. The fourth-order valence-electron chi connectivity index (χ4n) is 1.32. The van der Waals surface area contributed by atoms with Crippen molar-refractivity contribution in [2.45, 2.75) is 12.3 Å². The average molecular weight is 295 g/mol. The fraction of sp³-hybridized carbons (Fsp3) is 0.182. The van der Waals surface area contributed by atoms with Gasteiger partial charge in [-0.3, -0.25) is 15.2 Å². The number of carbonyl (C=O) groups is 1. The molecule has 0 aliphatic carbocycles. The molecule has 1 heterocycles. The Morgan fingerprint density at radius 1 is 1.41 bits per heavy atom. The smallest absolute Gasteiger partial charge is 0.258 e. The van der Waals surface area contributed by atoms with Crippen LogP contribution in [-0.2, 0) is 5.33 Å². The average Bonchev–Trinajstić information content (AvgIpc) is 2.75. The van der Waals surface area contributed by atoms with Crippen LogP contribution >= 0.6 is 15.9 Å². The lowest BCUT2D eigenvalue weighted by molar-refractivity contribution is 0.102. The van der Waals surface area contributed by atoms with E-state index in [-0.39, 0.29) is 11.9 Å². The van der Waals surface area contributed by atoms with Gasteiger partial charge in [0.05, 0.1) is 0 Å². The molecule has 17 heavy (non-hydrogen) atoms. The minimum absolute atomic E-state index is 0.217. The highest BCUT2D eigenvalue weighted by Crippen LogP contribution is 2.09. The first-order valence-corrected chi connectivity index (χ1v) is 6.16. The van der Waals surface area contributed by atoms with Crippen LogP contribution in [0.5, 0.6) is 0 Å². The predicted octanol–water partition coefficient (Wildman–Crippen LogP) is 2.26. The molecular weight excluding hydrogens is 284 g/mol. The van der Waals surface area contributed by atoms with E-state index < -0.39 is 0 Å². The number of hydrogen-bond donors (Lipinski definition) is 2. The third-order valence-corrected chi connectivity index (χ3v) is 2.84. The second-order valence-corrected chi connectivity index (χ2v) is 4.09. The number of carbonyl (C=O) groups excluding carboxylic acids is 1. The molecule has 1 aromatic carbocycles. The van der Waals surface area contributed by atoms with Gasteiger partial charge in [-0.2, -0.15) is 4.98 Å². The lowest BCUT2D eigenvalue weighted by Crippen LogP contribution is -2.12. The van der Waals surface area contributed by atoms with Crippen molar-refractivity contribution in [2.24, 2.45) is 0 Å². The maximum Gasteiger partial charge on any atom is 0.258 e. The van der Waals surface area contributed by atoms with Crippen molar-refractivity contribution < 1.29 is 4.79 Å². The van der Waals surface area contributed by atoms with Crippen molar-refractivity contribution in [3.05, 3.63) is 41.2 Å². The summed E-state index contributed by atoms with van der Waals surface area (Å²) in [6.45, 7) is 1.77. The third-order valence-electron chi connectivity index (χ3n) is 2.19. The van der Waals surface area contributed by atoms with Crippen molar-refractivity contribution in [1.29, 1.82) is 0 Å². The SMILES string of the molecule is Cc1nc(NC(=O)c2ccc(CBr)cc2)n[nH]1. The number of aromatic amines is 1. The molecule has 0 aliphatic heterocycles. The molecule has 0 saturated heterocycles. The van der Waals surface area contributed by atoms with Gasteiger partial charge in [-0.05, 0) is 24.6 Å². The van der Waals surface area contributed by atoms with E-state index in [4.69, 9.17) is 0 Å². The second kappa shape index (κ2) is 5.09. The molecule has 0 aliphatic rings. The number of anilines is 1. The number of H-pyrrole nitrogens is 1. The Kier molecular flexibility index (Phi) is 3.53. The van der Waals surface area contributed by atoms with Crippen LogP contribution in [0.2, 0.25) is 0 Å². The number of nitrogens with zero attached hydrogens (tertiary/aromatic N) is 2. The molecular formula is C11H11BrN4O. The zero-order valence-electron chi connectivity index (χ0n) is 9.20. The predicted molar refractivity (Wildman–Crippen MR) is 68.1 cm³/mol. The highest BCUT2D eigenvalue weighted by molar-refractivity contribution is 9.08. The van der Waals surface area contributed by atoms with Gasteiger partial charge in [0.15, 0.2) is 0 Å². The third kappa shape index (κ3) is 2.91. The van der Waals surface area contributed by atoms with E-state index in [1.165, 1.54) is 0 Å². The first-order chi connectivity index (χ1) is 8.19. The summed E-state index contributed by atoms with van der Waals surface area (Å²) in [6, 6.07) is 7.33. The Morgan fingerprint density at radius 3 is 2.65 bits per heavy atom. The number of nitrogens with one attached hydrogen (secondary N) is 2. The Morgan fingerprint density at radius 2 is 2.12 bits per heavy atom. The van der Waals surface area contributed by atoms with E-state index in [0.29, 0.717) is 11.4 Å². The first-order valence-electron chi connectivity index (χ1n) is 5.04. The van der Waals surface area contributed by atoms with Gasteiger partial charge in [0.1, 0.15) is 5.82 Å². The minimum Gasteiger partial charge on any atom is -0.289 e. The Labute approximate surface area is 107 Å². The molecule has 2 N–H and O–H groups in total. The van der Waals surface area contributed by atoms with Crippen molar-refractivity contribution in [2.75, 3.05) is 5.32 Å². The Balaban J connectivity index is 2.09. The molecule has 0 spiro atoms. The van der Waals surface area contributed by atoms with Crippen LogP contribution in [0.15, 0.2) is 24.3 Å². The number of aromatic nitrogens is 3. The number of aryl methyl sites for hydroxylation is 1. The van der Waals surface area contributed by atoms with Gasteiger partial charge in [-0.25, -0.2) is 0 Å². The van der Waals surface area contributed by atoms with Crippen LogP contribution in [0.4, 0.5) is 5.95 Å². The molecule has 1 aromatic heterocycles. The van der Waals surface area contributed by atoms with Crippen molar-refractivity contribution in [3.63, 3.8) is 0 Å². The lowest BCUT2D eigenvalue weighted by Gasteiger charge is -2.01. The number of benzene rings is 1. The van der Waals surface area contributed by atoms with Crippen LogP contribution in [0.3, 0.4) is 0 Å². The quantitative estimate of drug-likeness (QED) is 0.853. The Hall–Kier alpha value is -1.69. The molecule has 88 valence electrons. The molecule has 5 nitrogen and oxygen atoms in total. The molecule has 2 aromatic rings. The van der Waals surface area contributed by atoms with Gasteiger partial charge < -0.3 is 0 Å². The zero-order valence-corrected chi connectivity index (χ0v) is 10.8. The number of rotatable bonds is 3. The van der Waals surface area contributed by atoms with Crippen LogP contribution in [-0.4, -0.2) is 21.1 Å². The summed E-state index contributed by atoms with van der Waals surface area (Å²) in [5, 5.41) is 9.89. The molecule has 0 bridgehead atoms. The number of alkyl halides is 1. The maximum atomic E-state index is 11.8. The van der Waals surface area contributed by atoms with Crippen molar-refractivity contribution >= 4 is 27.8 Å². The number of amides is 1. The molecule has 0 radical (unpaired) electrons. The summed E-state index contributed by atoms with van der Waals surface area (Å²) < 4.78 is 0. The standard InChI is InChI=1S/C11H11BrN4O/c1-7-13-11(16-15-7)14-10(17)9-4-2-8(6-12)3-5-9/h2-5H,6H2,1H3,(H2,13,14,15,16,17). The number of halogens is 1. The van der Waals surface area contributed by atoms with Crippen molar-refractivity contribution in [3.8, 4) is 0 Å². The molecule has 0 fully saturated rings. The molecule has 2 rings (SSSR count). The summed E-state index contributed by atoms with van der Waals surface area (Å²) in [5.41, 5.74) is 1.70. The molecule has 6 heteroatoms. The van der Waals surface area contributed by atoms with Crippen LogP contribution in [0, 0.1) is 6.92 Å². The molecule has 0 atom stereocenters. The van der Waals surface area contributed by atoms with E-state index in [1.54, 1.807) is 19.1 Å². The maximum absolute atomic E-state index is 11.8. The molecule has 0 saturated carbocycles. The van der Waals surface area contributed by atoms with Gasteiger partial charge in [-0.1, -0.05) is 28.1 Å². The van der Waals surface area contributed by atoms with Crippen LogP contribution < -0.4 is 5.32 Å². The highest BCUT2D eigenvalue weighted by Gasteiger charge is 2.08.